The molecule has 2 rings (SSSR count). The molecule has 0 bridgehead atoms. The highest BCUT2D eigenvalue weighted by atomic mass is 35.5. The van der Waals surface area contributed by atoms with Gasteiger partial charge in [-0.05, 0) is 37.4 Å². The molecule has 1 heterocycles. The lowest BCUT2D eigenvalue weighted by atomic mass is 10.1. The number of aliphatic hydroxyl groups is 1. The number of hydrogen-bond donors (Lipinski definition) is 2. The van der Waals surface area contributed by atoms with Crippen LogP contribution in [0.5, 0.6) is 0 Å². The minimum Gasteiger partial charge on any atom is -0.451 e. The van der Waals surface area contributed by atoms with Gasteiger partial charge in [0.25, 0.3) is 5.91 Å². The van der Waals surface area contributed by atoms with Crippen molar-refractivity contribution in [1.82, 2.24) is 5.32 Å². The fraction of sp³-hybridized carbons (Fsp3) is 0.357. The molecule has 2 N–H and O–H groups in total. The smallest absolute Gasteiger partial charge is 0.287 e. The van der Waals surface area contributed by atoms with E-state index < -0.39 is 5.60 Å². The number of carbonyl (C=O) groups excluding carboxylic acids is 1. The Morgan fingerprint density at radius 3 is 2.95 bits per heavy atom. The van der Waals surface area contributed by atoms with E-state index >= 15 is 0 Å². The molecule has 4 nitrogen and oxygen atoms in total. The van der Waals surface area contributed by atoms with Crippen LogP contribution in [-0.4, -0.2) is 35.2 Å². The first-order chi connectivity index (χ1) is 9.41. The first-order valence-electron chi connectivity index (χ1n) is 6.10. The van der Waals surface area contributed by atoms with Crippen molar-refractivity contribution in [2.24, 2.45) is 0 Å². The third kappa shape index (κ3) is 3.69. The molecular weight excluding hydrogens is 298 g/mol. The summed E-state index contributed by atoms with van der Waals surface area (Å²) >= 11 is 7.41. The zero-order valence-corrected chi connectivity index (χ0v) is 12.8. The summed E-state index contributed by atoms with van der Waals surface area (Å²) in [7, 11) is 0. The third-order valence-corrected chi connectivity index (χ3v) is 3.93. The number of carbonyl (C=O) groups is 1. The van der Waals surface area contributed by atoms with Gasteiger partial charge in [-0.1, -0.05) is 11.6 Å². The Hall–Kier alpha value is -1.17. The number of halogens is 1. The summed E-state index contributed by atoms with van der Waals surface area (Å²) in [5, 5.41) is 14.0. The number of nitrogens with one attached hydrogen (secondary N) is 1. The number of benzene rings is 1. The van der Waals surface area contributed by atoms with Gasteiger partial charge in [-0.2, -0.15) is 11.8 Å². The second kappa shape index (κ2) is 6.08. The molecule has 0 fully saturated rings. The van der Waals surface area contributed by atoms with E-state index in [2.05, 4.69) is 5.32 Å². The van der Waals surface area contributed by atoms with E-state index in [-0.39, 0.29) is 18.2 Å². The first kappa shape index (κ1) is 15.2. The van der Waals surface area contributed by atoms with E-state index in [0.29, 0.717) is 16.4 Å². The van der Waals surface area contributed by atoms with E-state index in [9.17, 15) is 9.90 Å². The third-order valence-electron chi connectivity index (χ3n) is 2.79. The first-order valence-corrected chi connectivity index (χ1v) is 7.87. The number of fused-ring (bicyclic) bond motifs is 1. The van der Waals surface area contributed by atoms with Crippen molar-refractivity contribution >= 4 is 40.2 Å². The molecule has 1 unspecified atom stereocenters. The molecule has 0 aliphatic heterocycles. The van der Waals surface area contributed by atoms with Gasteiger partial charge in [-0.3, -0.25) is 4.79 Å². The maximum Gasteiger partial charge on any atom is 0.287 e. The SMILES string of the molecule is CSCC(C)(O)CNC(=O)c1cc2cc(Cl)ccc2o1. The van der Waals surface area contributed by atoms with Crippen LogP contribution >= 0.6 is 23.4 Å². The summed E-state index contributed by atoms with van der Waals surface area (Å²) in [6, 6.07) is 6.80. The van der Waals surface area contributed by atoms with Crippen LogP contribution in [0.2, 0.25) is 5.02 Å². The molecule has 20 heavy (non-hydrogen) atoms. The maximum atomic E-state index is 12.0. The minimum atomic E-state index is -0.940. The van der Waals surface area contributed by atoms with Gasteiger partial charge in [0, 0.05) is 22.7 Å². The molecule has 1 aromatic carbocycles. The highest BCUT2D eigenvalue weighted by Gasteiger charge is 2.22. The molecule has 1 amide bonds. The van der Waals surface area contributed by atoms with Gasteiger partial charge in [0.1, 0.15) is 5.58 Å². The number of hydrogen-bond acceptors (Lipinski definition) is 4. The topological polar surface area (TPSA) is 62.5 Å². The van der Waals surface area contributed by atoms with Gasteiger partial charge in [-0.25, -0.2) is 0 Å². The summed E-state index contributed by atoms with van der Waals surface area (Å²) < 4.78 is 5.45. The Morgan fingerprint density at radius 2 is 2.25 bits per heavy atom. The van der Waals surface area contributed by atoms with Crippen molar-refractivity contribution in [3.8, 4) is 0 Å². The lowest BCUT2D eigenvalue weighted by molar-refractivity contribution is 0.0711. The molecule has 0 saturated heterocycles. The summed E-state index contributed by atoms with van der Waals surface area (Å²) in [4.78, 5) is 12.0. The zero-order valence-electron chi connectivity index (χ0n) is 11.3. The molecule has 0 spiro atoms. The van der Waals surface area contributed by atoms with Crippen LogP contribution in [-0.2, 0) is 0 Å². The van der Waals surface area contributed by atoms with Crippen molar-refractivity contribution in [3.63, 3.8) is 0 Å². The summed E-state index contributed by atoms with van der Waals surface area (Å²) in [5.41, 5.74) is -0.333. The average molecular weight is 314 g/mol. The second-order valence-electron chi connectivity index (χ2n) is 4.91. The summed E-state index contributed by atoms with van der Waals surface area (Å²) in [6.07, 6.45) is 1.90. The molecule has 0 aliphatic carbocycles. The molecule has 1 atom stereocenters. The number of amides is 1. The van der Waals surface area contributed by atoms with Crippen LogP contribution in [0.4, 0.5) is 0 Å². The highest BCUT2D eigenvalue weighted by molar-refractivity contribution is 7.98. The number of furan rings is 1. The lowest BCUT2D eigenvalue weighted by Gasteiger charge is -2.22. The van der Waals surface area contributed by atoms with E-state index in [1.165, 1.54) is 11.8 Å². The fourth-order valence-electron chi connectivity index (χ4n) is 1.85. The lowest BCUT2D eigenvalue weighted by Crippen LogP contribution is -2.42. The molecule has 2 aromatic rings. The molecule has 1 aromatic heterocycles. The van der Waals surface area contributed by atoms with Crippen LogP contribution in [0.25, 0.3) is 11.0 Å². The molecule has 6 heteroatoms. The summed E-state index contributed by atoms with van der Waals surface area (Å²) in [5.74, 6) is 0.407. The molecule has 108 valence electrons. The predicted molar refractivity (Wildman–Crippen MR) is 82.6 cm³/mol. The van der Waals surface area contributed by atoms with Crippen molar-refractivity contribution in [2.45, 2.75) is 12.5 Å². The normalized spacial score (nSPS) is 14.2. The monoisotopic (exact) mass is 313 g/mol. The van der Waals surface area contributed by atoms with Crippen LogP contribution in [0.1, 0.15) is 17.5 Å². The average Bonchev–Trinajstić information content (AvgIpc) is 2.79. The molecular formula is C14H16ClNO3S. The van der Waals surface area contributed by atoms with Crippen LogP contribution in [0.3, 0.4) is 0 Å². The highest BCUT2D eigenvalue weighted by Crippen LogP contribution is 2.23. The van der Waals surface area contributed by atoms with Gasteiger partial charge in [-0.15, -0.1) is 0 Å². The Kier molecular flexibility index (Phi) is 4.62. The standard InChI is InChI=1S/C14H16ClNO3S/c1-14(18,8-20-2)7-16-13(17)12-6-9-5-10(15)3-4-11(9)19-12/h3-6,18H,7-8H2,1-2H3,(H,16,17). The zero-order chi connectivity index (χ0) is 14.8. The summed E-state index contributed by atoms with van der Waals surface area (Å²) in [6.45, 7) is 1.85. The Bertz CT molecular complexity index is 624. The van der Waals surface area contributed by atoms with E-state index in [1.807, 2.05) is 6.26 Å². The number of rotatable bonds is 5. The molecule has 0 aliphatic rings. The van der Waals surface area contributed by atoms with E-state index in [0.717, 1.165) is 5.39 Å². The van der Waals surface area contributed by atoms with Gasteiger partial charge in [0.2, 0.25) is 0 Å². The minimum absolute atomic E-state index is 0.171. The Balaban J connectivity index is 2.08. The van der Waals surface area contributed by atoms with Gasteiger partial charge in [0.15, 0.2) is 5.76 Å². The Morgan fingerprint density at radius 1 is 1.50 bits per heavy atom. The fourth-order valence-corrected chi connectivity index (χ4v) is 2.75. The van der Waals surface area contributed by atoms with Gasteiger partial charge >= 0.3 is 0 Å². The molecule has 0 radical (unpaired) electrons. The van der Waals surface area contributed by atoms with Crippen LogP contribution in [0, 0.1) is 0 Å². The van der Waals surface area contributed by atoms with E-state index in [1.54, 1.807) is 31.2 Å². The van der Waals surface area contributed by atoms with E-state index in [4.69, 9.17) is 16.0 Å². The largest absolute Gasteiger partial charge is 0.451 e. The molecule has 0 saturated carbocycles. The van der Waals surface area contributed by atoms with Crippen molar-refractivity contribution in [3.05, 3.63) is 35.0 Å². The van der Waals surface area contributed by atoms with Gasteiger partial charge < -0.3 is 14.8 Å². The predicted octanol–water partition coefficient (Wildman–Crippen LogP) is 2.93. The van der Waals surface area contributed by atoms with Crippen LogP contribution < -0.4 is 5.32 Å². The van der Waals surface area contributed by atoms with Crippen LogP contribution in [0.15, 0.2) is 28.7 Å². The Labute approximate surface area is 126 Å². The maximum absolute atomic E-state index is 12.0. The van der Waals surface area contributed by atoms with Crippen molar-refractivity contribution < 1.29 is 14.3 Å². The second-order valence-corrected chi connectivity index (χ2v) is 6.21. The van der Waals surface area contributed by atoms with Crippen molar-refractivity contribution in [2.75, 3.05) is 18.6 Å². The van der Waals surface area contributed by atoms with Gasteiger partial charge in [0.05, 0.1) is 5.60 Å². The van der Waals surface area contributed by atoms with Crippen molar-refractivity contribution in [1.29, 1.82) is 0 Å². The quantitative estimate of drug-likeness (QED) is 0.891. The number of thioether (sulfide) groups is 1.